The lowest BCUT2D eigenvalue weighted by Crippen LogP contribution is -2.49. The summed E-state index contributed by atoms with van der Waals surface area (Å²) >= 11 is 0. The summed E-state index contributed by atoms with van der Waals surface area (Å²) in [5.74, 6) is -1.60. The monoisotopic (exact) mass is 276 g/mol. The molecule has 2 rings (SSSR count). The first kappa shape index (κ1) is 15.0. The first-order valence-electron chi connectivity index (χ1n) is 7.59. The number of hydrogen-bond donors (Lipinski definition) is 2. The fraction of sp³-hybridized carbons (Fsp3) is 0.588. The van der Waals surface area contributed by atoms with Crippen molar-refractivity contribution in [3.05, 3.63) is 35.9 Å². The van der Waals surface area contributed by atoms with Gasteiger partial charge < -0.3 is 10.2 Å². The highest BCUT2D eigenvalue weighted by Crippen LogP contribution is 2.46. The van der Waals surface area contributed by atoms with Crippen molar-refractivity contribution in [1.82, 2.24) is 0 Å². The van der Waals surface area contributed by atoms with Crippen molar-refractivity contribution in [3.63, 3.8) is 0 Å². The minimum atomic E-state index is -1.11. The molecule has 3 unspecified atom stereocenters. The molecule has 3 heteroatoms. The van der Waals surface area contributed by atoms with Crippen LogP contribution in [-0.4, -0.2) is 21.8 Å². The smallest absolute Gasteiger partial charge is 0.309 e. The number of carbonyl (C=O) groups is 1. The lowest BCUT2D eigenvalue weighted by atomic mass is 9.65. The standard InChI is InChI=1S/C17H24O3/c1-2-8-15(16(18)19)17(20)12-7-6-11-14(17)13-9-4-3-5-10-13/h3-5,9-10,14-15,20H,2,6-8,11-12H2,1H3,(H,18,19). The second kappa shape index (κ2) is 6.40. The van der Waals surface area contributed by atoms with Gasteiger partial charge in [0.1, 0.15) is 0 Å². The van der Waals surface area contributed by atoms with E-state index in [9.17, 15) is 15.0 Å². The van der Waals surface area contributed by atoms with Crippen molar-refractivity contribution in [3.8, 4) is 0 Å². The highest BCUT2D eigenvalue weighted by molar-refractivity contribution is 5.72. The molecule has 0 amide bonds. The molecule has 3 nitrogen and oxygen atoms in total. The third-order valence-electron chi connectivity index (χ3n) is 4.60. The number of rotatable bonds is 5. The van der Waals surface area contributed by atoms with E-state index in [-0.39, 0.29) is 5.92 Å². The van der Waals surface area contributed by atoms with Crippen LogP contribution in [0.25, 0.3) is 0 Å². The maximum Gasteiger partial charge on any atom is 0.309 e. The number of aliphatic hydroxyl groups is 1. The average molecular weight is 276 g/mol. The molecule has 1 fully saturated rings. The molecule has 20 heavy (non-hydrogen) atoms. The van der Waals surface area contributed by atoms with Crippen LogP contribution in [0.3, 0.4) is 0 Å². The van der Waals surface area contributed by atoms with Gasteiger partial charge in [-0.3, -0.25) is 4.79 Å². The number of carboxylic acids is 1. The van der Waals surface area contributed by atoms with Gasteiger partial charge in [0.15, 0.2) is 0 Å². The Morgan fingerprint density at radius 3 is 2.65 bits per heavy atom. The molecule has 2 N–H and O–H groups in total. The van der Waals surface area contributed by atoms with Gasteiger partial charge in [-0.2, -0.15) is 0 Å². The SMILES string of the molecule is CCCC(C(=O)O)C1(O)CCCCC1c1ccccc1. The number of benzene rings is 1. The van der Waals surface area contributed by atoms with Gasteiger partial charge in [-0.15, -0.1) is 0 Å². The largest absolute Gasteiger partial charge is 0.481 e. The van der Waals surface area contributed by atoms with Crippen LogP contribution >= 0.6 is 0 Å². The van der Waals surface area contributed by atoms with Crippen LogP contribution in [0.2, 0.25) is 0 Å². The van der Waals surface area contributed by atoms with Gasteiger partial charge in [-0.1, -0.05) is 56.5 Å². The summed E-state index contributed by atoms with van der Waals surface area (Å²) in [4.78, 5) is 11.6. The summed E-state index contributed by atoms with van der Waals surface area (Å²) in [7, 11) is 0. The van der Waals surface area contributed by atoms with E-state index in [1.54, 1.807) is 0 Å². The van der Waals surface area contributed by atoms with Crippen LogP contribution in [0.4, 0.5) is 0 Å². The number of aliphatic carboxylic acids is 1. The average Bonchev–Trinajstić information content (AvgIpc) is 2.45. The van der Waals surface area contributed by atoms with Crippen LogP contribution in [0.1, 0.15) is 56.9 Å². The normalized spacial score (nSPS) is 28.0. The predicted octanol–water partition coefficient (Wildman–Crippen LogP) is 3.58. The molecule has 0 spiro atoms. The van der Waals surface area contributed by atoms with Gasteiger partial charge in [0, 0.05) is 5.92 Å². The Hall–Kier alpha value is -1.35. The third-order valence-corrected chi connectivity index (χ3v) is 4.60. The predicted molar refractivity (Wildman–Crippen MR) is 78.6 cm³/mol. The Bertz CT molecular complexity index is 443. The second-order valence-corrected chi connectivity index (χ2v) is 5.88. The van der Waals surface area contributed by atoms with E-state index in [4.69, 9.17) is 0 Å². The Morgan fingerprint density at radius 1 is 1.35 bits per heavy atom. The fourth-order valence-electron chi connectivity index (χ4n) is 3.61. The van der Waals surface area contributed by atoms with Gasteiger partial charge in [0.05, 0.1) is 11.5 Å². The summed E-state index contributed by atoms with van der Waals surface area (Å²) in [6.07, 6.45) is 4.74. The molecule has 110 valence electrons. The molecule has 0 aromatic heterocycles. The second-order valence-electron chi connectivity index (χ2n) is 5.88. The van der Waals surface area contributed by atoms with Crippen LogP contribution in [0.15, 0.2) is 30.3 Å². The molecule has 1 aliphatic rings. The zero-order chi connectivity index (χ0) is 14.6. The zero-order valence-corrected chi connectivity index (χ0v) is 12.1. The van der Waals surface area contributed by atoms with E-state index in [1.807, 2.05) is 37.3 Å². The molecule has 3 atom stereocenters. The van der Waals surface area contributed by atoms with Crippen LogP contribution < -0.4 is 0 Å². The van der Waals surface area contributed by atoms with Crippen LogP contribution in [0, 0.1) is 5.92 Å². The van der Waals surface area contributed by atoms with Crippen molar-refractivity contribution >= 4 is 5.97 Å². The highest BCUT2D eigenvalue weighted by atomic mass is 16.4. The van der Waals surface area contributed by atoms with Gasteiger partial charge in [0.25, 0.3) is 0 Å². The minimum Gasteiger partial charge on any atom is -0.481 e. The van der Waals surface area contributed by atoms with E-state index < -0.39 is 17.5 Å². The molecular weight excluding hydrogens is 252 g/mol. The van der Waals surface area contributed by atoms with Crippen molar-refractivity contribution < 1.29 is 15.0 Å². The lowest BCUT2D eigenvalue weighted by Gasteiger charge is -2.44. The molecule has 0 bridgehead atoms. The topological polar surface area (TPSA) is 57.5 Å². The van der Waals surface area contributed by atoms with Gasteiger partial charge >= 0.3 is 5.97 Å². The Kier molecular flexibility index (Phi) is 4.81. The van der Waals surface area contributed by atoms with E-state index in [1.165, 1.54) is 0 Å². The van der Waals surface area contributed by atoms with E-state index >= 15 is 0 Å². The van der Waals surface area contributed by atoms with E-state index in [0.29, 0.717) is 12.8 Å². The molecule has 1 aromatic carbocycles. The molecule has 0 radical (unpaired) electrons. The van der Waals surface area contributed by atoms with E-state index in [2.05, 4.69) is 0 Å². The Balaban J connectivity index is 2.35. The van der Waals surface area contributed by atoms with Crippen LogP contribution in [0.5, 0.6) is 0 Å². The third kappa shape index (κ3) is 2.88. The zero-order valence-electron chi connectivity index (χ0n) is 12.1. The molecule has 0 saturated heterocycles. The summed E-state index contributed by atoms with van der Waals surface area (Å²) in [5.41, 5.74) is -0.0430. The molecular formula is C17H24O3. The number of carboxylic acid groups (broad SMARTS) is 1. The maximum absolute atomic E-state index is 11.6. The summed E-state index contributed by atoms with van der Waals surface area (Å²) in [5, 5.41) is 20.7. The maximum atomic E-state index is 11.6. The molecule has 1 aliphatic carbocycles. The van der Waals surface area contributed by atoms with Gasteiger partial charge in [-0.25, -0.2) is 0 Å². The highest BCUT2D eigenvalue weighted by Gasteiger charge is 2.48. The number of hydrogen-bond acceptors (Lipinski definition) is 2. The van der Waals surface area contributed by atoms with E-state index in [0.717, 1.165) is 31.2 Å². The quantitative estimate of drug-likeness (QED) is 0.864. The Morgan fingerprint density at radius 2 is 2.05 bits per heavy atom. The summed E-state index contributed by atoms with van der Waals surface area (Å²) < 4.78 is 0. The van der Waals surface area contributed by atoms with Crippen molar-refractivity contribution in [1.29, 1.82) is 0 Å². The minimum absolute atomic E-state index is 0.0647. The molecule has 1 saturated carbocycles. The van der Waals surface area contributed by atoms with Crippen LogP contribution in [-0.2, 0) is 4.79 Å². The van der Waals surface area contributed by atoms with Crippen molar-refractivity contribution in [2.75, 3.05) is 0 Å². The Labute approximate surface area is 120 Å². The first-order chi connectivity index (χ1) is 9.59. The molecule has 1 aromatic rings. The van der Waals surface area contributed by atoms with Gasteiger partial charge in [-0.05, 0) is 24.8 Å². The van der Waals surface area contributed by atoms with Crippen molar-refractivity contribution in [2.45, 2.75) is 57.0 Å². The molecule has 0 aliphatic heterocycles. The summed E-state index contributed by atoms with van der Waals surface area (Å²) in [6.45, 7) is 1.97. The fourth-order valence-corrected chi connectivity index (χ4v) is 3.61. The van der Waals surface area contributed by atoms with Crippen molar-refractivity contribution in [2.24, 2.45) is 5.92 Å². The first-order valence-corrected chi connectivity index (χ1v) is 7.59. The summed E-state index contributed by atoms with van der Waals surface area (Å²) in [6, 6.07) is 9.88. The van der Waals surface area contributed by atoms with Gasteiger partial charge in [0.2, 0.25) is 0 Å². The lowest BCUT2D eigenvalue weighted by molar-refractivity contribution is -0.157. The molecule has 0 heterocycles.